The van der Waals surface area contributed by atoms with Gasteiger partial charge < -0.3 is 15.7 Å². The molecule has 2 aromatic carbocycles. The van der Waals surface area contributed by atoms with Crippen LogP contribution in [0.1, 0.15) is 18.4 Å². The lowest BCUT2D eigenvalue weighted by atomic mass is 10.1. The van der Waals surface area contributed by atoms with Gasteiger partial charge in [-0.2, -0.15) is 0 Å². The van der Waals surface area contributed by atoms with Gasteiger partial charge in [-0.15, -0.1) is 0 Å². The van der Waals surface area contributed by atoms with Crippen molar-refractivity contribution in [1.29, 1.82) is 0 Å². The van der Waals surface area contributed by atoms with Gasteiger partial charge in [0.15, 0.2) is 5.11 Å². The molecule has 0 bridgehead atoms. The summed E-state index contributed by atoms with van der Waals surface area (Å²) in [6.07, 6.45) is 3.97. The Balaban J connectivity index is 1.95. The molecular weight excluding hydrogens is 429 g/mol. The monoisotopic (exact) mass is 449 g/mol. The number of benzene rings is 2. The molecule has 0 spiro atoms. The Bertz CT molecular complexity index is 953. The van der Waals surface area contributed by atoms with Crippen LogP contribution < -0.4 is 10.6 Å². The summed E-state index contributed by atoms with van der Waals surface area (Å²) in [6, 6.07) is 10.9. The van der Waals surface area contributed by atoms with Crippen LogP contribution in [-0.4, -0.2) is 34.2 Å². The Morgan fingerprint density at radius 2 is 1.93 bits per heavy atom. The van der Waals surface area contributed by atoms with E-state index in [0.29, 0.717) is 28.5 Å². The van der Waals surface area contributed by atoms with E-state index in [9.17, 15) is 19.3 Å². The first-order valence-corrected chi connectivity index (χ1v) is 10.2. The molecule has 0 atom stereocenters. The second-order valence-corrected chi connectivity index (χ2v) is 7.61. The number of hydrogen-bond donors (Lipinski definition) is 3. The van der Waals surface area contributed by atoms with Crippen LogP contribution in [0.5, 0.6) is 0 Å². The summed E-state index contributed by atoms with van der Waals surface area (Å²) in [6.45, 7) is 0.722. The number of nitro groups is 1. The lowest BCUT2D eigenvalue weighted by molar-refractivity contribution is -0.385. The lowest BCUT2D eigenvalue weighted by Crippen LogP contribution is -2.36. The highest BCUT2D eigenvalue weighted by atomic mass is 32.2. The SMILES string of the molecule is O=C(O)CCNC(=S)NCC/C=C/c1cc(Sc2cccc(F)c2)ccc1[N+](=O)[O-]. The maximum atomic E-state index is 13.4. The minimum absolute atomic E-state index is 0.0198. The van der Waals surface area contributed by atoms with E-state index < -0.39 is 10.9 Å². The molecule has 3 N–H and O–H groups in total. The maximum Gasteiger partial charge on any atom is 0.305 e. The molecule has 0 heterocycles. The molecule has 0 unspecified atom stereocenters. The molecule has 2 rings (SSSR count). The summed E-state index contributed by atoms with van der Waals surface area (Å²) >= 11 is 6.35. The first-order valence-electron chi connectivity index (χ1n) is 8.97. The molecule has 0 saturated carbocycles. The maximum absolute atomic E-state index is 13.4. The molecular formula is C20H20FN3O4S2. The molecule has 0 saturated heterocycles. The second kappa shape index (κ2) is 11.9. The highest BCUT2D eigenvalue weighted by Crippen LogP contribution is 2.32. The Morgan fingerprint density at radius 1 is 1.20 bits per heavy atom. The van der Waals surface area contributed by atoms with Gasteiger partial charge in [0.2, 0.25) is 0 Å². The first kappa shape index (κ1) is 23.3. The van der Waals surface area contributed by atoms with Crippen molar-refractivity contribution in [3.8, 4) is 0 Å². The number of hydrogen-bond acceptors (Lipinski definition) is 5. The molecule has 0 aliphatic carbocycles. The van der Waals surface area contributed by atoms with Crippen molar-refractivity contribution in [1.82, 2.24) is 10.6 Å². The largest absolute Gasteiger partial charge is 0.481 e. The van der Waals surface area contributed by atoms with Gasteiger partial charge >= 0.3 is 5.97 Å². The Hall–Kier alpha value is -2.98. The van der Waals surface area contributed by atoms with Gasteiger partial charge in [0, 0.05) is 28.9 Å². The van der Waals surface area contributed by atoms with Crippen molar-refractivity contribution >= 4 is 46.8 Å². The number of carboxylic acids is 1. The van der Waals surface area contributed by atoms with E-state index >= 15 is 0 Å². The first-order chi connectivity index (χ1) is 14.3. The van der Waals surface area contributed by atoms with Gasteiger partial charge in [-0.25, -0.2) is 4.39 Å². The van der Waals surface area contributed by atoms with E-state index in [4.69, 9.17) is 17.3 Å². The standard InChI is InChI=1S/C20H20FN3O4S2/c21-15-5-3-6-16(13-15)30-17-7-8-18(24(27)28)14(12-17)4-1-2-10-22-20(29)23-11-9-19(25)26/h1,3-8,12-13H,2,9-11H2,(H,25,26)(H2,22,23,29)/b4-1+. The van der Waals surface area contributed by atoms with E-state index in [2.05, 4.69) is 10.6 Å². The average Bonchev–Trinajstić information content (AvgIpc) is 2.67. The number of nitrogens with zero attached hydrogens (tertiary/aromatic N) is 1. The van der Waals surface area contributed by atoms with Crippen molar-refractivity contribution in [3.63, 3.8) is 0 Å². The lowest BCUT2D eigenvalue weighted by Gasteiger charge is -2.08. The fourth-order valence-corrected chi connectivity index (χ4v) is 3.50. The van der Waals surface area contributed by atoms with Gasteiger partial charge in [0.25, 0.3) is 5.69 Å². The third-order valence-corrected chi connectivity index (χ3v) is 5.01. The summed E-state index contributed by atoms with van der Waals surface area (Å²) in [5, 5.41) is 25.9. The Morgan fingerprint density at radius 3 is 2.63 bits per heavy atom. The van der Waals surface area contributed by atoms with Crippen molar-refractivity contribution in [3.05, 3.63) is 70.0 Å². The number of rotatable bonds is 10. The second-order valence-electron chi connectivity index (χ2n) is 6.05. The minimum Gasteiger partial charge on any atom is -0.481 e. The van der Waals surface area contributed by atoms with Crippen LogP contribution in [0.15, 0.2) is 58.3 Å². The minimum atomic E-state index is -0.910. The van der Waals surface area contributed by atoms with Crippen LogP contribution in [0.4, 0.5) is 10.1 Å². The number of nitrogens with one attached hydrogen (secondary N) is 2. The summed E-state index contributed by atoms with van der Waals surface area (Å²) < 4.78 is 13.4. The summed E-state index contributed by atoms with van der Waals surface area (Å²) in [4.78, 5) is 22.8. The zero-order valence-corrected chi connectivity index (χ0v) is 17.5. The smallest absolute Gasteiger partial charge is 0.305 e. The number of carbonyl (C=O) groups is 1. The quantitative estimate of drug-likeness (QED) is 0.214. The van der Waals surface area contributed by atoms with Gasteiger partial charge in [0.1, 0.15) is 5.82 Å². The number of carboxylic acid groups (broad SMARTS) is 1. The van der Waals surface area contributed by atoms with Crippen molar-refractivity contribution in [2.45, 2.75) is 22.6 Å². The van der Waals surface area contributed by atoms with Crippen molar-refractivity contribution in [2.24, 2.45) is 0 Å². The molecule has 30 heavy (non-hydrogen) atoms. The summed E-state index contributed by atoms with van der Waals surface area (Å²) in [5.41, 5.74) is 0.428. The molecule has 0 fully saturated rings. The number of halogens is 1. The molecule has 2 aromatic rings. The zero-order chi connectivity index (χ0) is 21.9. The van der Waals surface area contributed by atoms with Crippen LogP contribution in [0.2, 0.25) is 0 Å². The Kier molecular flexibility index (Phi) is 9.23. The van der Waals surface area contributed by atoms with Crippen molar-refractivity contribution < 1.29 is 19.2 Å². The van der Waals surface area contributed by atoms with Gasteiger partial charge in [-0.1, -0.05) is 30.0 Å². The molecule has 0 aromatic heterocycles. The van der Waals surface area contributed by atoms with Gasteiger partial charge in [-0.3, -0.25) is 14.9 Å². The van der Waals surface area contributed by atoms with E-state index in [-0.39, 0.29) is 24.5 Å². The molecule has 0 aliphatic rings. The highest BCUT2D eigenvalue weighted by molar-refractivity contribution is 7.99. The highest BCUT2D eigenvalue weighted by Gasteiger charge is 2.12. The molecule has 0 aliphatic heterocycles. The van der Waals surface area contributed by atoms with Crippen LogP contribution in [-0.2, 0) is 4.79 Å². The van der Waals surface area contributed by atoms with Crippen LogP contribution in [0.3, 0.4) is 0 Å². The van der Waals surface area contributed by atoms with Crippen LogP contribution in [0.25, 0.3) is 6.08 Å². The topological polar surface area (TPSA) is 104 Å². The predicted octanol–water partition coefficient (Wildman–Crippen LogP) is 4.23. The Labute approximate surface area is 182 Å². The van der Waals surface area contributed by atoms with E-state index in [1.165, 1.54) is 30.0 Å². The zero-order valence-electron chi connectivity index (χ0n) is 15.8. The molecule has 0 radical (unpaired) electrons. The van der Waals surface area contributed by atoms with E-state index in [1.807, 2.05) is 0 Å². The van der Waals surface area contributed by atoms with Crippen LogP contribution in [0, 0.1) is 15.9 Å². The van der Waals surface area contributed by atoms with Crippen molar-refractivity contribution in [2.75, 3.05) is 13.1 Å². The van der Waals surface area contributed by atoms with E-state index in [1.54, 1.807) is 36.4 Å². The normalized spacial score (nSPS) is 10.7. The molecule has 7 nitrogen and oxygen atoms in total. The average molecular weight is 450 g/mol. The predicted molar refractivity (Wildman–Crippen MR) is 118 cm³/mol. The fraction of sp³-hybridized carbons (Fsp3) is 0.200. The fourth-order valence-electron chi connectivity index (χ4n) is 2.39. The summed E-state index contributed by atoms with van der Waals surface area (Å²) in [7, 11) is 0. The van der Waals surface area contributed by atoms with E-state index in [0.717, 1.165) is 4.90 Å². The molecule has 10 heteroatoms. The molecule has 158 valence electrons. The van der Waals surface area contributed by atoms with Gasteiger partial charge in [-0.05, 0) is 49.0 Å². The third-order valence-electron chi connectivity index (χ3n) is 3.75. The van der Waals surface area contributed by atoms with Gasteiger partial charge in [0.05, 0.1) is 16.9 Å². The summed E-state index contributed by atoms with van der Waals surface area (Å²) in [5.74, 6) is -1.25. The van der Waals surface area contributed by atoms with Crippen LogP contribution >= 0.6 is 24.0 Å². The molecule has 0 amide bonds. The third kappa shape index (κ3) is 8.18. The number of aliphatic carboxylic acids is 1. The number of thiocarbonyl (C=S) groups is 1. The number of nitro benzene ring substituents is 1.